The van der Waals surface area contributed by atoms with Crippen LogP contribution in [0.5, 0.6) is 0 Å². The predicted octanol–water partition coefficient (Wildman–Crippen LogP) is 3.43. The lowest BCUT2D eigenvalue weighted by Gasteiger charge is -2.31. The number of hydrogen-bond donors (Lipinski definition) is 1. The Bertz CT molecular complexity index is 442. The molecule has 21 heavy (non-hydrogen) atoms. The Kier molecular flexibility index (Phi) is 10.4. The molecular formula is C18H30N2O. The molecule has 0 radical (unpaired) electrons. The van der Waals surface area contributed by atoms with Crippen LogP contribution >= 0.6 is 0 Å². The first-order valence-electron chi connectivity index (χ1n) is 8.16. The molecule has 2 N–H and O–H groups in total. The first-order chi connectivity index (χ1) is 10.2. The third kappa shape index (κ3) is 5.77. The van der Waals surface area contributed by atoms with E-state index >= 15 is 0 Å². The van der Waals surface area contributed by atoms with Gasteiger partial charge in [0, 0.05) is 29.3 Å². The highest BCUT2D eigenvalue weighted by molar-refractivity contribution is 6.07. The van der Waals surface area contributed by atoms with E-state index < -0.39 is 0 Å². The van der Waals surface area contributed by atoms with Gasteiger partial charge in [-0.25, -0.2) is 0 Å². The molecule has 1 aliphatic carbocycles. The van der Waals surface area contributed by atoms with Gasteiger partial charge in [-0.1, -0.05) is 46.1 Å². The van der Waals surface area contributed by atoms with Gasteiger partial charge in [-0.05, 0) is 32.5 Å². The van der Waals surface area contributed by atoms with Crippen LogP contribution in [0.4, 0.5) is 0 Å². The lowest BCUT2D eigenvalue weighted by molar-refractivity contribution is -0.111. The van der Waals surface area contributed by atoms with E-state index in [1.165, 1.54) is 6.08 Å². The fourth-order valence-electron chi connectivity index (χ4n) is 2.38. The summed E-state index contributed by atoms with van der Waals surface area (Å²) in [6.45, 7) is 13.4. The van der Waals surface area contributed by atoms with Gasteiger partial charge in [0.2, 0.25) is 0 Å². The minimum absolute atomic E-state index is 0.0424. The monoisotopic (exact) mass is 290 g/mol. The van der Waals surface area contributed by atoms with E-state index in [0.717, 1.165) is 38.2 Å². The van der Waals surface area contributed by atoms with Crippen molar-refractivity contribution in [2.45, 2.75) is 47.5 Å². The van der Waals surface area contributed by atoms with E-state index in [9.17, 15) is 4.79 Å². The van der Waals surface area contributed by atoms with Crippen LogP contribution in [-0.4, -0.2) is 30.3 Å². The van der Waals surface area contributed by atoms with Crippen molar-refractivity contribution in [2.24, 2.45) is 11.7 Å². The SMILES string of the molecule is CC.CC.CCN1CCC(/C(N)=C2\C=C=C=CC2=O)CC1. The quantitative estimate of drug-likeness (QED) is 0.626. The molecule has 0 aromatic carbocycles. The number of nitrogens with zero attached hydrogens (tertiary/aromatic N) is 1. The molecule has 0 saturated carbocycles. The molecule has 2 aliphatic rings. The first-order valence-corrected chi connectivity index (χ1v) is 8.16. The molecule has 118 valence electrons. The maximum Gasteiger partial charge on any atom is 0.196 e. The van der Waals surface area contributed by atoms with Gasteiger partial charge in [-0.2, -0.15) is 0 Å². The average molecular weight is 290 g/mol. The van der Waals surface area contributed by atoms with Crippen LogP contribution in [0.25, 0.3) is 0 Å². The van der Waals surface area contributed by atoms with Gasteiger partial charge in [-0.15, -0.1) is 0 Å². The minimum Gasteiger partial charge on any atom is -0.401 e. The molecule has 1 fully saturated rings. The van der Waals surface area contributed by atoms with Crippen LogP contribution in [0, 0.1) is 5.92 Å². The summed E-state index contributed by atoms with van der Waals surface area (Å²) in [5.74, 6) is 0.292. The molecule has 0 aromatic heterocycles. The Labute approximate surface area is 129 Å². The number of hydrogen-bond acceptors (Lipinski definition) is 3. The first kappa shape index (κ1) is 19.5. The minimum atomic E-state index is -0.0424. The Balaban J connectivity index is 0.000000921. The molecule has 2 rings (SSSR count). The highest BCUT2D eigenvalue weighted by Gasteiger charge is 2.23. The van der Waals surface area contributed by atoms with E-state index in [2.05, 4.69) is 23.3 Å². The largest absolute Gasteiger partial charge is 0.401 e. The Morgan fingerprint density at radius 3 is 2.19 bits per heavy atom. The average Bonchev–Trinajstić information content (AvgIpc) is 2.58. The van der Waals surface area contributed by atoms with E-state index in [4.69, 9.17) is 5.73 Å². The van der Waals surface area contributed by atoms with Crippen molar-refractivity contribution in [2.75, 3.05) is 19.6 Å². The summed E-state index contributed by atoms with van der Waals surface area (Å²) in [6.07, 6.45) is 5.14. The topological polar surface area (TPSA) is 46.3 Å². The summed E-state index contributed by atoms with van der Waals surface area (Å²) in [6, 6.07) is 0. The number of piperidine rings is 1. The zero-order chi connectivity index (χ0) is 16.3. The van der Waals surface area contributed by atoms with Crippen molar-refractivity contribution in [3.8, 4) is 0 Å². The lowest BCUT2D eigenvalue weighted by Crippen LogP contribution is -2.35. The van der Waals surface area contributed by atoms with Crippen molar-refractivity contribution in [1.82, 2.24) is 4.90 Å². The fraction of sp³-hybridized carbons (Fsp3) is 0.611. The summed E-state index contributed by atoms with van der Waals surface area (Å²) >= 11 is 0. The van der Waals surface area contributed by atoms with Crippen molar-refractivity contribution in [1.29, 1.82) is 0 Å². The van der Waals surface area contributed by atoms with Gasteiger partial charge in [-0.3, -0.25) is 4.79 Å². The van der Waals surface area contributed by atoms with E-state index in [-0.39, 0.29) is 5.78 Å². The van der Waals surface area contributed by atoms with Crippen molar-refractivity contribution in [3.63, 3.8) is 0 Å². The Hall–Kier alpha value is -1.53. The number of carbonyl (C=O) groups is 1. The van der Waals surface area contributed by atoms with Crippen molar-refractivity contribution < 1.29 is 4.79 Å². The van der Waals surface area contributed by atoms with Gasteiger partial charge in [0.25, 0.3) is 0 Å². The van der Waals surface area contributed by atoms with E-state index in [1.807, 2.05) is 27.7 Å². The third-order valence-electron chi connectivity index (χ3n) is 3.55. The van der Waals surface area contributed by atoms with Crippen LogP contribution in [0.2, 0.25) is 0 Å². The van der Waals surface area contributed by atoms with Crippen LogP contribution in [0.1, 0.15) is 47.5 Å². The molecular weight excluding hydrogens is 260 g/mol. The van der Waals surface area contributed by atoms with Gasteiger partial charge in [0.15, 0.2) is 5.78 Å². The highest BCUT2D eigenvalue weighted by atomic mass is 16.1. The van der Waals surface area contributed by atoms with Crippen LogP contribution in [0.15, 0.2) is 34.9 Å². The molecule has 0 atom stereocenters. The molecule has 0 unspecified atom stereocenters. The number of nitrogens with two attached hydrogens (primary N) is 1. The van der Waals surface area contributed by atoms with Gasteiger partial charge < -0.3 is 10.6 Å². The van der Waals surface area contributed by atoms with Crippen LogP contribution < -0.4 is 5.73 Å². The third-order valence-corrected chi connectivity index (χ3v) is 3.55. The normalized spacial score (nSPS) is 20.3. The van der Waals surface area contributed by atoms with Gasteiger partial charge in [0.1, 0.15) is 0 Å². The molecule has 3 heteroatoms. The fourth-order valence-corrected chi connectivity index (χ4v) is 2.38. The molecule has 1 heterocycles. The maximum absolute atomic E-state index is 11.7. The van der Waals surface area contributed by atoms with Crippen molar-refractivity contribution in [3.05, 3.63) is 34.9 Å². The number of carbonyl (C=O) groups excluding carboxylic acids is 1. The van der Waals surface area contributed by atoms with Gasteiger partial charge in [0.05, 0.1) is 0 Å². The summed E-state index contributed by atoms with van der Waals surface area (Å²) in [4.78, 5) is 14.1. The van der Waals surface area contributed by atoms with Crippen LogP contribution in [0.3, 0.4) is 0 Å². The number of allylic oxidation sites excluding steroid dienone is 4. The zero-order valence-electron chi connectivity index (χ0n) is 14.2. The summed E-state index contributed by atoms with van der Waals surface area (Å²) in [5, 5.41) is 0. The molecule has 0 bridgehead atoms. The standard InChI is InChI=1S/C14H18N2O.2C2H6/c1-2-16-9-7-11(8-10-16)14(15)12-5-3-4-6-13(12)17;2*1-2/h5-6,11H,2,7-10,15H2,1H3;2*1-2H3/b14-12-;;. The number of rotatable bonds is 2. The number of ketones is 1. The molecule has 0 amide bonds. The Morgan fingerprint density at radius 2 is 1.71 bits per heavy atom. The summed E-state index contributed by atoms with van der Waals surface area (Å²) < 4.78 is 0. The van der Waals surface area contributed by atoms with E-state index in [1.54, 1.807) is 6.08 Å². The molecule has 3 nitrogen and oxygen atoms in total. The summed E-state index contributed by atoms with van der Waals surface area (Å²) in [7, 11) is 0. The number of likely N-dealkylation sites (tertiary alicyclic amines) is 1. The lowest BCUT2D eigenvalue weighted by atomic mass is 9.89. The molecule has 1 saturated heterocycles. The smallest absolute Gasteiger partial charge is 0.196 e. The van der Waals surface area contributed by atoms with E-state index in [0.29, 0.717) is 11.5 Å². The second kappa shape index (κ2) is 11.2. The molecule has 0 spiro atoms. The molecule has 0 aromatic rings. The summed E-state index contributed by atoms with van der Waals surface area (Å²) in [5.41, 5.74) is 12.9. The van der Waals surface area contributed by atoms with Crippen LogP contribution in [-0.2, 0) is 4.79 Å². The van der Waals surface area contributed by atoms with Gasteiger partial charge >= 0.3 is 0 Å². The maximum atomic E-state index is 11.7. The zero-order valence-corrected chi connectivity index (χ0v) is 14.2. The Morgan fingerprint density at radius 1 is 1.19 bits per heavy atom. The second-order valence-electron chi connectivity index (χ2n) is 4.52. The van der Waals surface area contributed by atoms with Crippen molar-refractivity contribution >= 4 is 5.78 Å². The molecule has 1 aliphatic heterocycles. The highest BCUT2D eigenvalue weighted by Crippen LogP contribution is 2.24. The second-order valence-corrected chi connectivity index (χ2v) is 4.52. The predicted molar refractivity (Wildman–Crippen MR) is 89.9 cm³/mol.